The Morgan fingerprint density at radius 1 is 1.18 bits per heavy atom. The normalized spacial score (nSPS) is 22.5. The molecule has 2 aliphatic rings. The summed E-state index contributed by atoms with van der Waals surface area (Å²) < 4.78 is 4.63. The van der Waals surface area contributed by atoms with Gasteiger partial charge in [-0.15, -0.1) is 0 Å². The molecule has 0 saturated carbocycles. The standard InChI is InChI=1S/C29H32N2O7/c1-3-17-15-20-26(28(36)31(27(20)35)29(37)38-2)21(16-32)25(17)24(34)12-11-18(22-9-6-7-13-30-22)14-19-8-4-5-10-23(19)33/h4-10,13-14,20-21,24,26,32-34H,3,11-12,15-16H2,1-2H3/b18-14-/t20-,21+,24-,26-/m1/s1. The van der Waals surface area contributed by atoms with Gasteiger partial charge in [-0.05, 0) is 61.1 Å². The van der Waals surface area contributed by atoms with Crippen LogP contribution in [0.2, 0.25) is 0 Å². The molecule has 4 atom stereocenters. The predicted molar refractivity (Wildman–Crippen MR) is 139 cm³/mol. The third kappa shape index (κ3) is 5.12. The number of pyridine rings is 1. The van der Waals surface area contributed by atoms with Crippen LogP contribution in [-0.2, 0) is 14.3 Å². The Kier molecular flexibility index (Phi) is 8.38. The van der Waals surface area contributed by atoms with E-state index in [0.717, 1.165) is 18.3 Å². The van der Waals surface area contributed by atoms with Gasteiger partial charge in [0.2, 0.25) is 11.8 Å². The smallest absolute Gasteiger partial charge is 0.423 e. The van der Waals surface area contributed by atoms with E-state index in [-0.39, 0.29) is 18.6 Å². The lowest BCUT2D eigenvalue weighted by Gasteiger charge is -2.36. The van der Waals surface area contributed by atoms with Gasteiger partial charge in [0.05, 0.1) is 37.4 Å². The number of carbonyl (C=O) groups excluding carboxylic acids is 3. The summed E-state index contributed by atoms with van der Waals surface area (Å²) in [5.41, 5.74) is 3.45. The van der Waals surface area contributed by atoms with Crippen molar-refractivity contribution in [2.24, 2.45) is 17.8 Å². The van der Waals surface area contributed by atoms with Gasteiger partial charge < -0.3 is 20.1 Å². The van der Waals surface area contributed by atoms with Crippen molar-refractivity contribution in [3.05, 3.63) is 71.1 Å². The third-order valence-electron chi connectivity index (χ3n) is 7.47. The number of carbonyl (C=O) groups is 3. The number of rotatable bonds is 8. The fourth-order valence-corrected chi connectivity index (χ4v) is 5.64. The van der Waals surface area contributed by atoms with Crippen molar-refractivity contribution >= 4 is 29.6 Å². The number of allylic oxidation sites excluding steroid dienone is 2. The molecule has 0 spiro atoms. The number of likely N-dealkylation sites (tertiary alicyclic amines) is 1. The number of methoxy groups -OCH3 is 1. The van der Waals surface area contributed by atoms with Crippen LogP contribution in [0.4, 0.5) is 4.79 Å². The first-order valence-electron chi connectivity index (χ1n) is 12.7. The first-order valence-corrected chi connectivity index (χ1v) is 12.7. The molecule has 1 aromatic heterocycles. The van der Waals surface area contributed by atoms with Crippen molar-refractivity contribution in [1.29, 1.82) is 0 Å². The number of hydrogen-bond acceptors (Lipinski definition) is 8. The average Bonchev–Trinajstić information content (AvgIpc) is 3.19. The maximum atomic E-state index is 13.1. The van der Waals surface area contributed by atoms with E-state index in [4.69, 9.17) is 0 Å². The van der Waals surface area contributed by atoms with E-state index in [1.807, 2.05) is 31.2 Å². The number of amides is 3. The zero-order chi connectivity index (χ0) is 27.4. The van der Waals surface area contributed by atoms with Gasteiger partial charge in [0.1, 0.15) is 5.75 Å². The summed E-state index contributed by atoms with van der Waals surface area (Å²) >= 11 is 0. The van der Waals surface area contributed by atoms with Crippen molar-refractivity contribution in [3.8, 4) is 5.75 Å². The van der Waals surface area contributed by atoms with E-state index >= 15 is 0 Å². The number of aromatic hydroxyl groups is 1. The van der Waals surface area contributed by atoms with Crippen molar-refractivity contribution in [2.75, 3.05) is 13.7 Å². The fraction of sp³-hybridized carbons (Fsp3) is 0.379. The molecule has 1 saturated heterocycles. The predicted octanol–water partition coefficient (Wildman–Crippen LogP) is 3.56. The highest BCUT2D eigenvalue weighted by atomic mass is 16.5. The van der Waals surface area contributed by atoms with Crippen molar-refractivity contribution < 1.29 is 34.4 Å². The number of fused-ring (bicyclic) bond motifs is 1. The SMILES string of the molecule is CCC1=C([C@H](O)CC/C(=C/c2ccccc2O)c2ccccn2)[C@H](CO)[C@@H]2C(=O)N(C(=O)OC)C(=O)[C@@H]2C1. The van der Waals surface area contributed by atoms with Gasteiger partial charge >= 0.3 is 6.09 Å². The molecule has 0 bridgehead atoms. The molecular formula is C29H32N2O7. The monoisotopic (exact) mass is 520 g/mol. The summed E-state index contributed by atoms with van der Waals surface area (Å²) in [6.45, 7) is 1.44. The second kappa shape index (κ2) is 11.7. The molecule has 1 aliphatic carbocycles. The van der Waals surface area contributed by atoms with Gasteiger partial charge in [0.15, 0.2) is 0 Å². The Morgan fingerprint density at radius 2 is 1.92 bits per heavy atom. The van der Waals surface area contributed by atoms with Crippen molar-refractivity contribution in [3.63, 3.8) is 0 Å². The van der Waals surface area contributed by atoms with Crippen molar-refractivity contribution in [2.45, 2.75) is 38.7 Å². The average molecular weight is 521 g/mol. The van der Waals surface area contributed by atoms with Crippen LogP contribution in [0.1, 0.15) is 43.9 Å². The molecule has 2 heterocycles. The van der Waals surface area contributed by atoms with E-state index in [2.05, 4.69) is 9.72 Å². The quantitative estimate of drug-likeness (QED) is 0.355. The molecule has 9 heteroatoms. The minimum absolute atomic E-state index is 0.121. The molecular weight excluding hydrogens is 488 g/mol. The summed E-state index contributed by atoms with van der Waals surface area (Å²) in [5.74, 6) is -3.75. The van der Waals surface area contributed by atoms with E-state index < -0.39 is 48.4 Å². The van der Waals surface area contributed by atoms with Crippen LogP contribution in [0.5, 0.6) is 5.75 Å². The van der Waals surface area contributed by atoms with Crippen LogP contribution < -0.4 is 0 Å². The lowest BCUT2D eigenvalue weighted by atomic mass is 9.67. The number of ether oxygens (including phenoxy) is 1. The Labute approximate surface area is 221 Å². The minimum atomic E-state index is -1.04. The first kappa shape index (κ1) is 27.2. The van der Waals surface area contributed by atoms with Crippen LogP contribution >= 0.6 is 0 Å². The Morgan fingerprint density at radius 3 is 2.55 bits per heavy atom. The number of benzene rings is 1. The molecule has 3 amide bonds. The molecule has 3 N–H and O–H groups in total. The van der Waals surface area contributed by atoms with E-state index in [1.165, 1.54) is 0 Å². The highest BCUT2D eigenvalue weighted by Crippen LogP contribution is 2.47. The Bertz CT molecular complexity index is 1270. The third-order valence-corrected chi connectivity index (χ3v) is 7.47. The number of aliphatic hydroxyl groups is 2. The highest BCUT2D eigenvalue weighted by Gasteiger charge is 2.56. The molecule has 38 heavy (non-hydrogen) atoms. The number of hydrogen-bond donors (Lipinski definition) is 3. The van der Waals surface area contributed by atoms with Crippen LogP contribution in [0.25, 0.3) is 11.6 Å². The largest absolute Gasteiger partial charge is 0.507 e. The molecule has 1 aromatic carbocycles. The minimum Gasteiger partial charge on any atom is -0.507 e. The maximum Gasteiger partial charge on any atom is 0.423 e. The van der Waals surface area contributed by atoms with Crippen LogP contribution in [0, 0.1) is 17.8 Å². The number of aliphatic hydroxyl groups excluding tert-OH is 2. The fourth-order valence-electron chi connectivity index (χ4n) is 5.64. The molecule has 2 aromatic rings. The molecule has 9 nitrogen and oxygen atoms in total. The number of para-hydroxylation sites is 1. The van der Waals surface area contributed by atoms with Crippen LogP contribution in [0.15, 0.2) is 59.8 Å². The van der Waals surface area contributed by atoms with E-state index in [1.54, 1.807) is 30.5 Å². The number of aromatic nitrogens is 1. The summed E-state index contributed by atoms with van der Waals surface area (Å²) in [4.78, 5) is 43.1. The summed E-state index contributed by atoms with van der Waals surface area (Å²) in [7, 11) is 1.10. The topological polar surface area (TPSA) is 137 Å². The summed E-state index contributed by atoms with van der Waals surface area (Å²) in [6.07, 6.45) is 2.84. The second-order valence-corrected chi connectivity index (χ2v) is 9.52. The lowest BCUT2D eigenvalue weighted by Crippen LogP contribution is -2.40. The van der Waals surface area contributed by atoms with Crippen LogP contribution in [0.3, 0.4) is 0 Å². The zero-order valence-corrected chi connectivity index (χ0v) is 21.4. The Balaban J connectivity index is 1.63. The molecule has 1 aliphatic heterocycles. The van der Waals surface area contributed by atoms with Gasteiger partial charge in [-0.1, -0.05) is 36.8 Å². The molecule has 0 unspecified atom stereocenters. The summed E-state index contributed by atoms with van der Waals surface area (Å²) in [5, 5.41) is 32.1. The number of nitrogens with zero attached hydrogens (tertiary/aromatic N) is 2. The Hall–Kier alpha value is -3.82. The van der Waals surface area contributed by atoms with Gasteiger partial charge in [0.25, 0.3) is 0 Å². The maximum absolute atomic E-state index is 13.1. The van der Waals surface area contributed by atoms with Crippen LogP contribution in [-0.4, -0.2) is 62.9 Å². The van der Waals surface area contributed by atoms with E-state index in [9.17, 15) is 29.7 Å². The van der Waals surface area contributed by atoms with Gasteiger partial charge in [0, 0.05) is 17.7 Å². The molecule has 0 radical (unpaired) electrons. The zero-order valence-electron chi connectivity index (χ0n) is 21.4. The first-order chi connectivity index (χ1) is 18.3. The highest BCUT2D eigenvalue weighted by molar-refractivity contribution is 6.16. The van der Waals surface area contributed by atoms with Gasteiger partial charge in [-0.25, -0.2) is 4.79 Å². The van der Waals surface area contributed by atoms with E-state index in [0.29, 0.717) is 34.6 Å². The molecule has 4 rings (SSSR count). The number of phenolic OH excluding ortho intramolecular Hbond substituents is 1. The second-order valence-electron chi connectivity index (χ2n) is 9.52. The molecule has 200 valence electrons. The molecule has 1 fully saturated rings. The van der Waals surface area contributed by atoms with Crippen molar-refractivity contribution in [1.82, 2.24) is 9.88 Å². The van der Waals surface area contributed by atoms with Gasteiger partial charge in [-0.2, -0.15) is 4.90 Å². The number of phenols is 1. The van der Waals surface area contributed by atoms with Gasteiger partial charge in [-0.3, -0.25) is 14.6 Å². The number of imide groups is 3. The lowest BCUT2D eigenvalue weighted by molar-refractivity contribution is -0.137. The summed E-state index contributed by atoms with van der Waals surface area (Å²) in [6, 6.07) is 12.4.